The number of methoxy groups -OCH3 is 1. The summed E-state index contributed by atoms with van der Waals surface area (Å²) in [5, 5.41) is 0. The van der Waals surface area contributed by atoms with E-state index >= 15 is 0 Å². The molecule has 0 fully saturated rings. The molecule has 0 saturated carbocycles. The first-order valence-electron chi connectivity index (χ1n) is 3.24. The van der Waals surface area contributed by atoms with E-state index < -0.39 is 0 Å². The number of para-hydroxylation sites is 1. The van der Waals surface area contributed by atoms with Crippen LogP contribution in [0, 0.1) is 6.92 Å². The first kappa shape index (κ1) is 8.27. The molecule has 0 amide bonds. The number of ether oxygens (including phenoxy) is 1. The molecule has 0 saturated heterocycles. The summed E-state index contributed by atoms with van der Waals surface area (Å²) >= 11 is 3.72. The summed E-state index contributed by atoms with van der Waals surface area (Å²) in [6.07, 6.45) is 0. The van der Waals surface area contributed by atoms with Gasteiger partial charge >= 0.3 is 0 Å². The number of aryl methyl sites for hydroxylation is 1. The van der Waals surface area contributed by atoms with Crippen molar-refractivity contribution in [2.45, 2.75) is 6.92 Å². The Kier molecular flexibility index (Phi) is 2.65. The fourth-order valence-electron chi connectivity index (χ4n) is 0.903. The van der Waals surface area contributed by atoms with Crippen molar-refractivity contribution in [3.8, 4) is 11.5 Å². The fraction of sp³-hybridized carbons (Fsp3) is 0.250. The average molecular weight is 170 g/mol. The van der Waals surface area contributed by atoms with Crippen molar-refractivity contribution in [2.24, 2.45) is 0 Å². The minimum absolute atomic E-state index is 0.679. The molecule has 0 aliphatic rings. The van der Waals surface area contributed by atoms with Crippen LogP contribution >= 0.6 is 12.9 Å². The summed E-state index contributed by atoms with van der Waals surface area (Å²) in [6, 6.07) is 5.68. The lowest BCUT2D eigenvalue weighted by Gasteiger charge is -2.07. The Bertz CT molecular complexity index is 248. The van der Waals surface area contributed by atoms with E-state index in [0.29, 0.717) is 11.5 Å². The van der Waals surface area contributed by atoms with E-state index in [-0.39, 0.29) is 0 Å². The quantitative estimate of drug-likeness (QED) is 0.542. The summed E-state index contributed by atoms with van der Waals surface area (Å²) in [5.41, 5.74) is 1.01. The lowest BCUT2D eigenvalue weighted by Crippen LogP contribution is -1.88. The Morgan fingerprint density at radius 2 is 2.09 bits per heavy atom. The van der Waals surface area contributed by atoms with Gasteiger partial charge in [-0.3, -0.25) is 0 Å². The van der Waals surface area contributed by atoms with Crippen LogP contribution in [0.1, 0.15) is 5.56 Å². The molecule has 0 aromatic heterocycles. The smallest absolute Gasteiger partial charge is 0.181 e. The van der Waals surface area contributed by atoms with E-state index in [0.717, 1.165) is 5.56 Å². The molecule has 2 nitrogen and oxygen atoms in total. The molecule has 11 heavy (non-hydrogen) atoms. The van der Waals surface area contributed by atoms with Crippen LogP contribution < -0.4 is 8.92 Å². The summed E-state index contributed by atoms with van der Waals surface area (Å²) in [7, 11) is 1.60. The molecule has 0 heterocycles. The Morgan fingerprint density at radius 3 is 2.55 bits per heavy atom. The second kappa shape index (κ2) is 3.53. The third-order valence-corrected chi connectivity index (χ3v) is 1.67. The van der Waals surface area contributed by atoms with E-state index in [1.54, 1.807) is 7.11 Å². The number of thiol groups is 1. The van der Waals surface area contributed by atoms with Crippen molar-refractivity contribution in [3.63, 3.8) is 0 Å². The van der Waals surface area contributed by atoms with Crippen LogP contribution in [0.4, 0.5) is 0 Å². The predicted molar refractivity (Wildman–Crippen MR) is 47.3 cm³/mol. The molecule has 0 aliphatic carbocycles. The summed E-state index contributed by atoms with van der Waals surface area (Å²) in [4.78, 5) is 0. The van der Waals surface area contributed by atoms with Gasteiger partial charge in [0.05, 0.1) is 7.11 Å². The van der Waals surface area contributed by atoms with Crippen LogP contribution in [-0.4, -0.2) is 7.11 Å². The SMILES string of the molecule is COc1cccc(C)c1OS. The van der Waals surface area contributed by atoms with Crippen molar-refractivity contribution < 1.29 is 8.92 Å². The number of hydrogen-bond donors (Lipinski definition) is 1. The lowest BCUT2D eigenvalue weighted by atomic mass is 10.2. The van der Waals surface area contributed by atoms with Crippen LogP contribution in [0.15, 0.2) is 18.2 Å². The van der Waals surface area contributed by atoms with Crippen molar-refractivity contribution in [3.05, 3.63) is 23.8 Å². The third kappa shape index (κ3) is 1.60. The molecule has 0 spiro atoms. The van der Waals surface area contributed by atoms with Gasteiger partial charge in [-0.25, -0.2) is 0 Å². The Balaban J connectivity index is 3.13. The first-order valence-corrected chi connectivity index (χ1v) is 3.61. The molecule has 0 N–H and O–H groups in total. The highest BCUT2D eigenvalue weighted by molar-refractivity contribution is 7.75. The zero-order valence-corrected chi connectivity index (χ0v) is 7.39. The summed E-state index contributed by atoms with van der Waals surface area (Å²) in [6.45, 7) is 1.94. The maximum atomic E-state index is 5.04. The van der Waals surface area contributed by atoms with Gasteiger partial charge in [0, 0.05) is 12.9 Å². The zero-order valence-electron chi connectivity index (χ0n) is 6.50. The van der Waals surface area contributed by atoms with Gasteiger partial charge in [-0.1, -0.05) is 12.1 Å². The van der Waals surface area contributed by atoms with Crippen LogP contribution in [0.2, 0.25) is 0 Å². The van der Waals surface area contributed by atoms with Gasteiger partial charge in [-0.15, -0.1) is 0 Å². The number of hydrogen-bond acceptors (Lipinski definition) is 3. The van der Waals surface area contributed by atoms with Gasteiger partial charge in [0.15, 0.2) is 11.5 Å². The second-order valence-corrected chi connectivity index (χ2v) is 2.38. The van der Waals surface area contributed by atoms with Crippen molar-refractivity contribution in [1.82, 2.24) is 0 Å². The van der Waals surface area contributed by atoms with Crippen LogP contribution in [0.5, 0.6) is 11.5 Å². The minimum atomic E-state index is 0.679. The van der Waals surface area contributed by atoms with Crippen molar-refractivity contribution >= 4 is 12.9 Å². The highest BCUT2D eigenvalue weighted by Gasteiger charge is 2.04. The van der Waals surface area contributed by atoms with Crippen LogP contribution in [0.25, 0.3) is 0 Å². The van der Waals surface area contributed by atoms with E-state index in [4.69, 9.17) is 8.92 Å². The normalized spacial score (nSPS) is 9.36. The minimum Gasteiger partial charge on any atom is -0.493 e. The molecule has 0 radical (unpaired) electrons. The van der Waals surface area contributed by atoms with Crippen LogP contribution in [-0.2, 0) is 0 Å². The molecular formula is C8H10O2S. The Hall–Kier alpha value is -0.830. The highest BCUT2D eigenvalue weighted by atomic mass is 32.1. The van der Waals surface area contributed by atoms with E-state index in [1.807, 2.05) is 25.1 Å². The second-order valence-electron chi connectivity index (χ2n) is 2.20. The molecule has 1 rings (SSSR count). The van der Waals surface area contributed by atoms with E-state index in [2.05, 4.69) is 12.9 Å². The van der Waals surface area contributed by atoms with Gasteiger partial charge in [0.25, 0.3) is 0 Å². The molecule has 0 aliphatic heterocycles. The third-order valence-electron chi connectivity index (χ3n) is 1.49. The molecule has 1 aromatic rings. The topological polar surface area (TPSA) is 18.5 Å². The Morgan fingerprint density at radius 1 is 1.36 bits per heavy atom. The number of rotatable bonds is 2. The summed E-state index contributed by atoms with van der Waals surface area (Å²) in [5.74, 6) is 1.39. The molecule has 0 bridgehead atoms. The summed E-state index contributed by atoms with van der Waals surface area (Å²) < 4.78 is 9.88. The molecular weight excluding hydrogens is 160 g/mol. The maximum Gasteiger partial charge on any atom is 0.181 e. The van der Waals surface area contributed by atoms with Gasteiger partial charge < -0.3 is 8.92 Å². The number of benzene rings is 1. The standard InChI is InChI=1S/C8H10O2S/c1-6-4-3-5-7(9-2)8(6)10-11/h3-5,11H,1-2H3. The average Bonchev–Trinajstić information content (AvgIpc) is 2.04. The van der Waals surface area contributed by atoms with Gasteiger partial charge in [0.2, 0.25) is 0 Å². The monoisotopic (exact) mass is 170 g/mol. The Labute approximate surface area is 71.8 Å². The zero-order chi connectivity index (χ0) is 8.27. The molecule has 3 heteroatoms. The van der Waals surface area contributed by atoms with Crippen molar-refractivity contribution in [1.29, 1.82) is 0 Å². The predicted octanol–water partition coefficient (Wildman–Crippen LogP) is 2.23. The maximum absolute atomic E-state index is 5.04. The van der Waals surface area contributed by atoms with Crippen LogP contribution in [0.3, 0.4) is 0 Å². The fourth-order valence-corrected chi connectivity index (χ4v) is 1.14. The highest BCUT2D eigenvalue weighted by Crippen LogP contribution is 2.30. The largest absolute Gasteiger partial charge is 0.493 e. The molecule has 60 valence electrons. The van der Waals surface area contributed by atoms with E-state index in [1.165, 1.54) is 0 Å². The molecule has 0 unspecified atom stereocenters. The van der Waals surface area contributed by atoms with E-state index in [9.17, 15) is 0 Å². The van der Waals surface area contributed by atoms with Crippen molar-refractivity contribution in [2.75, 3.05) is 7.11 Å². The molecule has 0 atom stereocenters. The first-order chi connectivity index (χ1) is 5.29. The van der Waals surface area contributed by atoms with Gasteiger partial charge in [-0.05, 0) is 18.6 Å². The lowest BCUT2D eigenvalue weighted by molar-refractivity contribution is 0.399. The van der Waals surface area contributed by atoms with Gasteiger partial charge in [-0.2, -0.15) is 0 Å². The molecule has 1 aromatic carbocycles. The van der Waals surface area contributed by atoms with Gasteiger partial charge in [0.1, 0.15) is 0 Å².